The molecule has 4 heteroatoms. The van der Waals surface area contributed by atoms with Crippen LogP contribution in [0.2, 0.25) is 0 Å². The Labute approximate surface area is 104 Å². The van der Waals surface area contributed by atoms with E-state index in [4.69, 9.17) is 4.74 Å². The molecule has 1 heterocycles. The van der Waals surface area contributed by atoms with Crippen LogP contribution in [0.3, 0.4) is 0 Å². The highest BCUT2D eigenvalue weighted by Gasteiger charge is 2.29. The first-order chi connectivity index (χ1) is 7.61. The molecule has 0 atom stereocenters. The molecule has 1 aliphatic rings. The minimum Gasteiger partial charge on any atom is -0.496 e. The molecule has 16 heavy (non-hydrogen) atoms. The first-order valence-corrected chi connectivity index (χ1v) is 6.04. The van der Waals surface area contributed by atoms with Crippen molar-refractivity contribution in [3.8, 4) is 5.75 Å². The molecule has 0 unspecified atom stereocenters. The van der Waals surface area contributed by atoms with Crippen LogP contribution in [-0.4, -0.2) is 31.0 Å². The Morgan fingerprint density at radius 3 is 2.75 bits per heavy atom. The summed E-state index contributed by atoms with van der Waals surface area (Å²) in [5.41, 5.74) is 0.637. The zero-order valence-corrected chi connectivity index (χ0v) is 11.0. The number of halogens is 1. The van der Waals surface area contributed by atoms with Gasteiger partial charge < -0.3 is 9.64 Å². The quantitative estimate of drug-likeness (QED) is 0.835. The number of benzene rings is 1. The molecule has 1 amide bonds. The molecule has 0 saturated carbocycles. The fraction of sp³-hybridized carbons (Fsp3) is 0.417. The lowest BCUT2D eigenvalue weighted by Gasteiger charge is -2.37. The molecule has 0 bridgehead atoms. The van der Waals surface area contributed by atoms with Crippen LogP contribution in [0.5, 0.6) is 5.75 Å². The largest absolute Gasteiger partial charge is 0.496 e. The Morgan fingerprint density at radius 1 is 1.50 bits per heavy atom. The van der Waals surface area contributed by atoms with Crippen LogP contribution in [0, 0.1) is 5.92 Å². The van der Waals surface area contributed by atoms with E-state index < -0.39 is 0 Å². The summed E-state index contributed by atoms with van der Waals surface area (Å²) in [5, 5.41) is 0. The molecule has 0 N–H and O–H groups in total. The predicted octanol–water partition coefficient (Wildman–Crippen LogP) is 2.55. The van der Waals surface area contributed by atoms with Crippen LogP contribution in [0.1, 0.15) is 17.3 Å². The minimum absolute atomic E-state index is 0.0578. The highest BCUT2D eigenvalue weighted by atomic mass is 79.9. The van der Waals surface area contributed by atoms with Crippen molar-refractivity contribution in [2.75, 3.05) is 20.2 Å². The number of carbonyl (C=O) groups is 1. The molecule has 0 aromatic heterocycles. The number of nitrogens with zero attached hydrogens (tertiary/aromatic N) is 1. The van der Waals surface area contributed by atoms with E-state index in [0.717, 1.165) is 17.6 Å². The number of amides is 1. The third kappa shape index (κ3) is 2.07. The van der Waals surface area contributed by atoms with Crippen molar-refractivity contribution in [3.63, 3.8) is 0 Å². The molecule has 0 spiro atoms. The van der Waals surface area contributed by atoms with E-state index in [-0.39, 0.29) is 5.91 Å². The Hall–Kier alpha value is -1.03. The van der Waals surface area contributed by atoms with Crippen molar-refractivity contribution in [1.29, 1.82) is 0 Å². The maximum absolute atomic E-state index is 12.1. The van der Waals surface area contributed by atoms with Crippen LogP contribution in [0.25, 0.3) is 0 Å². The zero-order chi connectivity index (χ0) is 11.7. The maximum atomic E-state index is 12.1. The van der Waals surface area contributed by atoms with Gasteiger partial charge in [-0.05, 0) is 24.1 Å². The zero-order valence-electron chi connectivity index (χ0n) is 9.37. The summed E-state index contributed by atoms with van der Waals surface area (Å²) in [7, 11) is 1.58. The van der Waals surface area contributed by atoms with Crippen LogP contribution in [-0.2, 0) is 0 Å². The Morgan fingerprint density at radius 2 is 2.19 bits per heavy atom. The van der Waals surface area contributed by atoms with E-state index in [1.807, 2.05) is 17.0 Å². The Kier molecular flexibility index (Phi) is 3.19. The molecule has 3 nitrogen and oxygen atoms in total. The molecule has 1 aromatic rings. The molecule has 1 aliphatic heterocycles. The van der Waals surface area contributed by atoms with Crippen molar-refractivity contribution >= 4 is 21.8 Å². The van der Waals surface area contributed by atoms with Crippen LogP contribution in [0.4, 0.5) is 0 Å². The second-order valence-corrected chi connectivity index (χ2v) is 5.08. The summed E-state index contributed by atoms with van der Waals surface area (Å²) in [5.74, 6) is 1.30. The Bertz CT molecular complexity index is 413. The van der Waals surface area contributed by atoms with Crippen molar-refractivity contribution in [3.05, 3.63) is 28.2 Å². The highest BCUT2D eigenvalue weighted by Crippen LogP contribution is 2.27. The van der Waals surface area contributed by atoms with E-state index in [0.29, 0.717) is 17.2 Å². The van der Waals surface area contributed by atoms with E-state index >= 15 is 0 Å². The van der Waals surface area contributed by atoms with Crippen molar-refractivity contribution in [1.82, 2.24) is 4.90 Å². The number of carbonyl (C=O) groups excluding carboxylic acids is 1. The molecular weight excluding hydrogens is 270 g/mol. The highest BCUT2D eigenvalue weighted by molar-refractivity contribution is 9.10. The van der Waals surface area contributed by atoms with E-state index in [1.165, 1.54) is 0 Å². The topological polar surface area (TPSA) is 29.5 Å². The lowest BCUT2D eigenvalue weighted by atomic mass is 10.0. The van der Waals surface area contributed by atoms with Crippen molar-refractivity contribution < 1.29 is 9.53 Å². The molecule has 0 radical (unpaired) electrons. The molecule has 0 aliphatic carbocycles. The smallest absolute Gasteiger partial charge is 0.257 e. The summed E-state index contributed by atoms with van der Waals surface area (Å²) >= 11 is 3.36. The van der Waals surface area contributed by atoms with Gasteiger partial charge in [-0.3, -0.25) is 4.79 Å². The van der Waals surface area contributed by atoms with E-state index in [1.54, 1.807) is 13.2 Å². The first-order valence-electron chi connectivity index (χ1n) is 5.24. The van der Waals surface area contributed by atoms with Gasteiger partial charge in [0.1, 0.15) is 5.75 Å². The van der Waals surface area contributed by atoms with Crippen LogP contribution < -0.4 is 4.74 Å². The lowest BCUT2D eigenvalue weighted by molar-refractivity contribution is 0.0527. The monoisotopic (exact) mass is 283 g/mol. The van der Waals surface area contributed by atoms with Gasteiger partial charge in [0.15, 0.2) is 0 Å². The summed E-state index contributed by atoms with van der Waals surface area (Å²) in [6, 6.07) is 5.48. The van der Waals surface area contributed by atoms with Crippen molar-refractivity contribution in [2.24, 2.45) is 5.92 Å². The normalized spacial score (nSPS) is 15.8. The maximum Gasteiger partial charge on any atom is 0.257 e. The van der Waals surface area contributed by atoms with Gasteiger partial charge in [0, 0.05) is 17.6 Å². The van der Waals surface area contributed by atoms with Crippen molar-refractivity contribution in [2.45, 2.75) is 6.92 Å². The minimum atomic E-state index is 0.0578. The number of rotatable bonds is 2. The van der Waals surface area contributed by atoms with Gasteiger partial charge in [-0.1, -0.05) is 22.9 Å². The standard InChI is InChI=1S/C12H14BrNO2/c1-8-6-14(7-8)12(15)10-4-3-9(13)5-11(10)16-2/h3-5,8H,6-7H2,1-2H3. The SMILES string of the molecule is COc1cc(Br)ccc1C(=O)N1CC(C)C1. The molecule has 1 saturated heterocycles. The van der Waals surface area contributed by atoms with Gasteiger partial charge in [0.2, 0.25) is 0 Å². The molecule has 1 aromatic carbocycles. The number of hydrogen-bond acceptors (Lipinski definition) is 2. The summed E-state index contributed by atoms with van der Waals surface area (Å²) in [4.78, 5) is 13.9. The molecule has 1 fully saturated rings. The van der Waals surface area contributed by atoms with Gasteiger partial charge in [-0.25, -0.2) is 0 Å². The van der Waals surface area contributed by atoms with Gasteiger partial charge in [-0.15, -0.1) is 0 Å². The lowest BCUT2D eigenvalue weighted by Crippen LogP contribution is -2.48. The second kappa shape index (κ2) is 4.45. The fourth-order valence-corrected chi connectivity index (χ4v) is 2.22. The van der Waals surface area contributed by atoms with E-state index in [9.17, 15) is 4.79 Å². The predicted molar refractivity (Wildman–Crippen MR) is 65.8 cm³/mol. The number of hydrogen-bond donors (Lipinski definition) is 0. The molecule has 2 rings (SSSR count). The first kappa shape index (κ1) is 11.5. The van der Waals surface area contributed by atoms with E-state index in [2.05, 4.69) is 22.9 Å². The van der Waals surface area contributed by atoms with Crippen LogP contribution in [0.15, 0.2) is 22.7 Å². The number of ether oxygens (including phenoxy) is 1. The summed E-state index contributed by atoms with van der Waals surface area (Å²) < 4.78 is 6.13. The molecular formula is C12H14BrNO2. The second-order valence-electron chi connectivity index (χ2n) is 4.16. The fourth-order valence-electron chi connectivity index (χ4n) is 1.88. The average molecular weight is 284 g/mol. The van der Waals surface area contributed by atoms with Gasteiger partial charge in [0.25, 0.3) is 5.91 Å². The third-order valence-electron chi connectivity index (χ3n) is 2.75. The third-order valence-corrected chi connectivity index (χ3v) is 3.24. The molecule has 86 valence electrons. The van der Waals surface area contributed by atoms with Crippen LogP contribution >= 0.6 is 15.9 Å². The Balaban J connectivity index is 2.22. The van der Waals surface area contributed by atoms with Gasteiger partial charge in [-0.2, -0.15) is 0 Å². The number of likely N-dealkylation sites (tertiary alicyclic amines) is 1. The summed E-state index contributed by atoms with van der Waals surface area (Å²) in [6.07, 6.45) is 0. The average Bonchev–Trinajstić information content (AvgIpc) is 2.23. The van der Waals surface area contributed by atoms with Gasteiger partial charge in [0.05, 0.1) is 12.7 Å². The van der Waals surface area contributed by atoms with Gasteiger partial charge >= 0.3 is 0 Å². The number of methoxy groups -OCH3 is 1. The summed E-state index contributed by atoms with van der Waals surface area (Å²) in [6.45, 7) is 3.83.